The molecule has 2 aromatic carbocycles. The largest absolute Gasteiger partial charge is 0.352 e. The number of aryl methyl sites for hydroxylation is 1. The highest BCUT2D eigenvalue weighted by Gasteiger charge is 2.16. The van der Waals surface area contributed by atoms with Crippen molar-refractivity contribution in [2.75, 3.05) is 5.32 Å². The standard InChI is InChI=1S/C28H29ClN4O4S/c1-19-9-11-20(12-10-19)17-30-24(34)8-3-2-4-14-32-27(36)26-23(13-15-38-26)33(28(32)37)18-25(35)31-22-7-5-6-21(29)16-22/h5-7,9-13,15-16H,2-4,8,14,17-18H2,1H3,(H,30,34)(H,31,35). The quantitative estimate of drug-likeness (QED) is 0.263. The summed E-state index contributed by atoms with van der Waals surface area (Å²) < 4.78 is 2.94. The fourth-order valence-electron chi connectivity index (χ4n) is 4.12. The van der Waals surface area contributed by atoms with E-state index >= 15 is 0 Å². The fraction of sp³-hybridized carbons (Fsp3) is 0.286. The van der Waals surface area contributed by atoms with Gasteiger partial charge in [-0.3, -0.25) is 23.5 Å². The second-order valence-corrected chi connectivity index (χ2v) is 10.4. The summed E-state index contributed by atoms with van der Waals surface area (Å²) in [5.41, 5.74) is 2.29. The lowest BCUT2D eigenvalue weighted by atomic mass is 10.1. The molecule has 0 fully saturated rings. The molecule has 4 aromatic rings. The van der Waals surface area contributed by atoms with Gasteiger partial charge in [-0.25, -0.2) is 4.79 Å². The van der Waals surface area contributed by atoms with E-state index < -0.39 is 11.6 Å². The van der Waals surface area contributed by atoms with E-state index in [0.29, 0.717) is 53.2 Å². The van der Waals surface area contributed by atoms with Crippen molar-refractivity contribution in [2.45, 2.75) is 52.2 Å². The molecule has 2 heterocycles. The fourth-order valence-corrected chi connectivity index (χ4v) is 5.15. The Bertz CT molecular complexity index is 1560. The highest BCUT2D eigenvalue weighted by atomic mass is 35.5. The average Bonchev–Trinajstić information content (AvgIpc) is 3.38. The molecule has 8 nitrogen and oxygen atoms in total. The third-order valence-electron chi connectivity index (χ3n) is 6.14. The van der Waals surface area contributed by atoms with E-state index in [2.05, 4.69) is 10.6 Å². The second kappa shape index (κ2) is 12.7. The maximum atomic E-state index is 13.2. The van der Waals surface area contributed by atoms with E-state index in [-0.39, 0.29) is 24.6 Å². The van der Waals surface area contributed by atoms with E-state index in [1.54, 1.807) is 35.7 Å². The Labute approximate surface area is 228 Å². The number of nitrogens with zero attached hydrogens (tertiary/aromatic N) is 2. The lowest BCUT2D eigenvalue weighted by molar-refractivity contribution is -0.121. The zero-order valence-corrected chi connectivity index (χ0v) is 22.6. The molecule has 2 amide bonds. The summed E-state index contributed by atoms with van der Waals surface area (Å²) in [6.45, 7) is 2.48. The van der Waals surface area contributed by atoms with Crippen LogP contribution in [0.25, 0.3) is 10.2 Å². The minimum absolute atomic E-state index is 0.0316. The van der Waals surface area contributed by atoms with Crippen LogP contribution in [0.2, 0.25) is 5.02 Å². The van der Waals surface area contributed by atoms with Crippen LogP contribution in [0.5, 0.6) is 0 Å². The number of benzene rings is 2. The van der Waals surface area contributed by atoms with Crippen molar-refractivity contribution in [1.82, 2.24) is 14.5 Å². The van der Waals surface area contributed by atoms with E-state index in [1.165, 1.54) is 26.0 Å². The van der Waals surface area contributed by atoms with Crippen molar-refractivity contribution in [3.63, 3.8) is 0 Å². The van der Waals surface area contributed by atoms with Crippen molar-refractivity contribution in [2.24, 2.45) is 0 Å². The number of aromatic nitrogens is 2. The Kier molecular flexibility index (Phi) is 9.15. The highest BCUT2D eigenvalue weighted by Crippen LogP contribution is 2.17. The number of hydrogen-bond acceptors (Lipinski definition) is 5. The van der Waals surface area contributed by atoms with Gasteiger partial charge in [0.25, 0.3) is 5.56 Å². The van der Waals surface area contributed by atoms with Gasteiger partial charge < -0.3 is 10.6 Å². The molecule has 0 saturated heterocycles. The van der Waals surface area contributed by atoms with Crippen LogP contribution < -0.4 is 21.9 Å². The third kappa shape index (κ3) is 6.99. The number of hydrogen-bond donors (Lipinski definition) is 2. The first-order valence-corrected chi connectivity index (χ1v) is 13.7. The van der Waals surface area contributed by atoms with Crippen LogP contribution in [0.1, 0.15) is 36.8 Å². The Hall–Kier alpha value is -3.69. The number of carbonyl (C=O) groups is 2. The number of amides is 2. The summed E-state index contributed by atoms with van der Waals surface area (Å²) in [5, 5.41) is 7.87. The number of rotatable bonds is 11. The zero-order valence-electron chi connectivity index (χ0n) is 21.0. The SMILES string of the molecule is Cc1ccc(CNC(=O)CCCCCn2c(=O)c3sccc3n(CC(=O)Nc3cccc(Cl)c3)c2=O)cc1. The van der Waals surface area contributed by atoms with Gasteiger partial charge in [-0.05, 0) is 55.0 Å². The van der Waals surface area contributed by atoms with Crippen LogP contribution in [0.4, 0.5) is 5.69 Å². The number of anilines is 1. The van der Waals surface area contributed by atoms with Gasteiger partial charge >= 0.3 is 5.69 Å². The van der Waals surface area contributed by atoms with Gasteiger partial charge in [0, 0.05) is 30.2 Å². The molecular weight excluding hydrogens is 524 g/mol. The lowest BCUT2D eigenvalue weighted by Crippen LogP contribution is -2.41. The Balaban J connectivity index is 1.34. The highest BCUT2D eigenvalue weighted by molar-refractivity contribution is 7.17. The first kappa shape index (κ1) is 27.3. The smallest absolute Gasteiger partial charge is 0.332 e. The first-order chi connectivity index (χ1) is 18.3. The van der Waals surface area contributed by atoms with E-state index in [9.17, 15) is 19.2 Å². The number of thiophene rings is 1. The maximum Gasteiger partial charge on any atom is 0.332 e. The molecule has 0 unspecified atom stereocenters. The number of unbranched alkanes of at least 4 members (excludes halogenated alkanes) is 2. The summed E-state index contributed by atoms with van der Waals surface area (Å²) in [6, 6.07) is 16.4. The maximum absolute atomic E-state index is 13.2. The molecule has 198 valence electrons. The van der Waals surface area contributed by atoms with E-state index in [4.69, 9.17) is 11.6 Å². The van der Waals surface area contributed by atoms with Crippen LogP contribution in [0, 0.1) is 6.92 Å². The molecule has 10 heteroatoms. The average molecular weight is 553 g/mol. The predicted molar refractivity (Wildman–Crippen MR) is 152 cm³/mol. The van der Waals surface area contributed by atoms with Gasteiger partial charge in [0.1, 0.15) is 11.2 Å². The van der Waals surface area contributed by atoms with Crippen molar-refractivity contribution in [1.29, 1.82) is 0 Å². The summed E-state index contributed by atoms with van der Waals surface area (Å²) in [4.78, 5) is 51.1. The molecule has 0 spiro atoms. The van der Waals surface area contributed by atoms with Crippen LogP contribution in [-0.4, -0.2) is 20.9 Å². The summed E-state index contributed by atoms with van der Waals surface area (Å²) in [5.74, 6) is -0.431. The molecule has 2 N–H and O–H groups in total. The van der Waals surface area contributed by atoms with Crippen molar-refractivity contribution in [3.8, 4) is 0 Å². The van der Waals surface area contributed by atoms with Gasteiger partial charge in [-0.1, -0.05) is 53.9 Å². The number of fused-ring (bicyclic) bond motifs is 1. The molecule has 38 heavy (non-hydrogen) atoms. The van der Waals surface area contributed by atoms with Crippen molar-refractivity contribution >= 4 is 50.7 Å². The number of nitrogens with one attached hydrogen (secondary N) is 2. The van der Waals surface area contributed by atoms with Crippen LogP contribution in [-0.2, 0) is 29.2 Å². The summed E-state index contributed by atoms with van der Waals surface area (Å²) in [6.07, 6.45) is 2.26. The molecule has 0 bridgehead atoms. The first-order valence-electron chi connectivity index (χ1n) is 12.4. The molecule has 2 aromatic heterocycles. The van der Waals surface area contributed by atoms with Gasteiger partial charge in [0.05, 0.1) is 5.52 Å². The van der Waals surface area contributed by atoms with Crippen LogP contribution in [0.3, 0.4) is 0 Å². The molecule has 0 atom stereocenters. The molecule has 0 aliphatic rings. The lowest BCUT2D eigenvalue weighted by Gasteiger charge is -2.12. The van der Waals surface area contributed by atoms with Gasteiger partial charge in [0.2, 0.25) is 11.8 Å². The van der Waals surface area contributed by atoms with Gasteiger partial charge in [-0.15, -0.1) is 11.3 Å². The van der Waals surface area contributed by atoms with Crippen molar-refractivity contribution in [3.05, 3.63) is 97.0 Å². The molecule has 4 rings (SSSR count). The molecule has 0 aliphatic carbocycles. The minimum atomic E-state index is -0.530. The molecule has 0 saturated carbocycles. The normalized spacial score (nSPS) is 11.0. The molecule has 0 aliphatic heterocycles. The van der Waals surface area contributed by atoms with Crippen molar-refractivity contribution < 1.29 is 9.59 Å². The third-order valence-corrected chi connectivity index (χ3v) is 7.27. The Morgan fingerprint density at radius 1 is 0.947 bits per heavy atom. The summed E-state index contributed by atoms with van der Waals surface area (Å²) in [7, 11) is 0. The van der Waals surface area contributed by atoms with Crippen LogP contribution in [0.15, 0.2) is 69.6 Å². The van der Waals surface area contributed by atoms with Gasteiger partial charge in [0.15, 0.2) is 0 Å². The van der Waals surface area contributed by atoms with E-state index in [0.717, 1.165) is 5.56 Å². The number of carbonyl (C=O) groups excluding carboxylic acids is 2. The Morgan fingerprint density at radius 3 is 2.50 bits per heavy atom. The number of halogens is 1. The molecule has 0 radical (unpaired) electrons. The summed E-state index contributed by atoms with van der Waals surface area (Å²) >= 11 is 7.22. The Morgan fingerprint density at radius 2 is 1.74 bits per heavy atom. The van der Waals surface area contributed by atoms with Gasteiger partial charge in [-0.2, -0.15) is 0 Å². The topological polar surface area (TPSA) is 102 Å². The van der Waals surface area contributed by atoms with Crippen LogP contribution >= 0.6 is 22.9 Å². The molecular formula is C28H29ClN4O4S. The second-order valence-electron chi connectivity index (χ2n) is 9.09. The van der Waals surface area contributed by atoms with E-state index in [1.807, 2.05) is 31.2 Å². The predicted octanol–water partition coefficient (Wildman–Crippen LogP) is 4.70. The minimum Gasteiger partial charge on any atom is -0.352 e. The monoisotopic (exact) mass is 552 g/mol. The zero-order chi connectivity index (χ0) is 27.1.